The van der Waals surface area contributed by atoms with Crippen LogP contribution in [-0.4, -0.2) is 41.0 Å². The second-order valence-electron chi connectivity index (χ2n) is 9.46. The summed E-state index contributed by atoms with van der Waals surface area (Å²) in [5.74, 6) is -3.30. The number of carbonyl (C=O) groups is 3. The van der Waals surface area contributed by atoms with Gasteiger partial charge in [-0.1, -0.05) is 31.1 Å². The number of rotatable bonds is 3. The zero-order chi connectivity index (χ0) is 23.8. The maximum atomic E-state index is 12.4. The zero-order valence-corrected chi connectivity index (χ0v) is 19.8. The number of hydrogen-bond acceptors (Lipinski definition) is 7. The van der Waals surface area contributed by atoms with Crippen molar-refractivity contribution in [3.8, 4) is 0 Å². The standard InChI is InChI=1S/C25H34O7/c1-7-22(27)31-21-10-8-14(2)13-25(29)19(16(4)23(28)32-25)12-18-15(3)9-11-20(24(18,21)6)30-17(5)26/h9,13,18,20-21,29H,7-8,10-12H2,1-6H3/b14-13-/t18-,20-,21-,24+,25+/m0/s1. The molecule has 32 heavy (non-hydrogen) atoms. The zero-order valence-electron chi connectivity index (χ0n) is 19.8. The first-order valence-corrected chi connectivity index (χ1v) is 11.3. The summed E-state index contributed by atoms with van der Waals surface area (Å²) in [7, 11) is 0. The van der Waals surface area contributed by atoms with Crippen LogP contribution >= 0.6 is 0 Å². The Balaban J connectivity index is 2.20. The average Bonchev–Trinajstić information content (AvgIpc) is 2.91. The number of hydrogen-bond donors (Lipinski definition) is 1. The molecule has 3 aliphatic rings. The van der Waals surface area contributed by atoms with E-state index in [1.165, 1.54) is 6.92 Å². The number of carbonyl (C=O) groups excluding carboxylic acids is 3. The third-order valence-electron chi connectivity index (χ3n) is 7.30. The van der Waals surface area contributed by atoms with E-state index in [2.05, 4.69) is 0 Å². The molecule has 0 amide bonds. The van der Waals surface area contributed by atoms with Crippen LogP contribution in [-0.2, 0) is 28.6 Å². The molecule has 0 saturated heterocycles. The Morgan fingerprint density at radius 3 is 2.53 bits per heavy atom. The van der Waals surface area contributed by atoms with E-state index in [-0.39, 0.29) is 18.3 Å². The molecule has 0 aromatic heterocycles. The van der Waals surface area contributed by atoms with Gasteiger partial charge in [-0.2, -0.15) is 0 Å². The van der Waals surface area contributed by atoms with Crippen LogP contribution in [0.4, 0.5) is 0 Å². The van der Waals surface area contributed by atoms with Crippen LogP contribution in [0.5, 0.6) is 0 Å². The molecule has 2 aliphatic carbocycles. The highest BCUT2D eigenvalue weighted by Gasteiger charge is 2.55. The van der Waals surface area contributed by atoms with Crippen LogP contribution in [0, 0.1) is 11.3 Å². The summed E-state index contributed by atoms with van der Waals surface area (Å²) in [6, 6.07) is 0. The van der Waals surface area contributed by atoms with Crippen molar-refractivity contribution in [1.29, 1.82) is 0 Å². The van der Waals surface area contributed by atoms with Crippen molar-refractivity contribution in [1.82, 2.24) is 0 Å². The minimum Gasteiger partial charge on any atom is -0.462 e. The number of ether oxygens (including phenoxy) is 3. The SMILES string of the molecule is CCC(=O)O[C@H]1CC/C(C)=C\[C@@]2(O)OC(=O)C(C)=C2C[C@H]2C(C)=CC[C@H](OC(C)=O)[C@]12C. The predicted molar refractivity (Wildman–Crippen MR) is 117 cm³/mol. The van der Waals surface area contributed by atoms with Gasteiger partial charge >= 0.3 is 17.9 Å². The molecule has 0 radical (unpaired) electrons. The number of fused-ring (bicyclic) bond motifs is 2. The van der Waals surface area contributed by atoms with Crippen molar-refractivity contribution in [2.75, 3.05) is 0 Å². The summed E-state index contributed by atoms with van der Waals surface area (Å²) < 4.78 is 17.1. The first kappa shape index (κ1) is 24.2. The monoisotopic (exact) mass is 446 g/mol. The highest BCUT2D eigenvalue weighted by molar-refractivity contribution is 5.92. The summed E-state index contributed by atoms with van der Waals surface area (Å²) in [5, 5.41) is 11.3. The van der Waals surface area contributed by atoms with Crippen molar-refractivity contribution in [3.63, 3.8) is 0 Å². The molecule has 3 rings (SSSR count). The number of allylic oxidation sites excluding steroid dienone is 2. The molecule has 0 spiro atoms. The van der Waals surface area contributed by atoms with Gasteiger partial charge in [-0.15, -0.1) is 0 Å². The number of esters is 3. The van der Waals surface area contributed by atoms with Crippen LogP contribution in [0.25, 0.3) is 0 Å². The molecule has 0 bridgehead atoms. The topological polar surface area (TPSA) is 99.1 Å². The molecule has 0 unspecified atom stereocenters. The second kappa shape index (κ2) is 8.85. The molecule has 176 valence electrons. The van der Waals surface area contributed by atoms with Crippen molar-refractivity contribution in [2.45, 2.75) is 91.6 Å². The largest absolute Gasteiger partial charge is 0.462 e. The molecule has 0 fully saturated rings. The quantitative estimate of drug-likeness (QED) is 0.399. The molecule has 0 aromatic carbocycles. The van der Waals surface area contributed by atoms with E-state index < -0.39 is 35.3 Å². The lowest BCUT2D eigenvalue weighted by molar-refractivity contribution is -0.182. The maximum Gasteiger partial charge on any atom is 0.336 e. The van der Waals surface area contributed by atoms with Crippen molar-refractivity contribution >= 4 is 17.9 Å². The Labute approximate surface area is 189 Å². The fourth-order valence-corrected chi connectivity index (χ4v) is 5.39. The number of aliphatic hydroxyl groups is 1. The molecule has 7 nitrogen and oxygen atoms in total. The van der Waals surface area contributed by atoms with Gasteiger partial charge in [-0.05, 0) is 52.0 Å². The second-order valence-corrected chi connectivity index (χ2v) is 9.46. The summed E-state index contributed by atoms with van der Waals surface area (Å²) in [4.78, 5) is 36.8. The molecule has 5 atom stereocenters. The molecular weight excluding hydrogens is 412 g/mol. The predicted octanol–water partition coefficient (Wildman–Crippen LogP) is 3.90. The Bertz CT molecular complexity index is 911. The van der Waals surface area contributed by atoms with E-state index in [0.717, 1.165) is 11.1 Å². The lowest BCUT2D eigenvalue weighted by Crippen LogP contribution is -2.54. The molecule has 0 aromatic rings. The summed E-state index contributed by atoms with van der Waals surface area (Å²) in [5.41, 5.74) is 1.98. The van der Waals surface area contributed by atoms with Crippen LogP contribution in [0.3, 0.4) is 0 Å². The fraction of sp³-hybridized carbons (Fsp3) is 0.640. The van der Waals surface area contributed by atoms with Gasteiger partial charge in [0.25, 0.3) is 5.79 Å². The van der Waals surface area contributed by atoms with Crippen LogP contribution in [0.2, 0.25) is 0 Å². The molecule has 7 heteroatoms. The van der Waals surface area contributed by atoms with Crippen molar-refractivity contribution in [2.24, 2.45) is 11.3 Å². The molecule has 1 aliphatic heterocycles. The third-order valence-corrected chi connectivity index (χ3v) is 7.30. The van der Waals surface area contributed by atoms with E-state index in [1.807, 2.05) is 26.8 Å². The van der Waals surface area contributed by atoms with Crippen LogP contribution in [0.15, 0.2) is 34.4 Å². The maximum absolute atomic E-state index is 12.4. The van der Waals surface area contributed by atoms with Gasteiger partial charge in [-0.25, -0.2) is 4.79 Å². The molecular formula is C25H34O7. The van der Waals surface area contributed by atoms with Gasteiger partial charge in [0.05, 0.1) is 0 Å². The van der Waals surface area contributed by atoms with Gasteiger partial charge in [0, 0.05) is 36.3 Å². The Morgan fingerprint density at radius 1 is 1.22 bits per heavy atom. The summed E-state index contributed by atoms with van der Waals surface area (Å²) in [6.07, 6.45) is 4.66. The van der Waals surface area contributed by atoms with Gasteiger partial charge in [0.1, 0.15) is 12.2 Å². The highest BCUT2D eigenvalue weighted by atomic mass is 16.7. The smallest absolute Gasteiger partial charge is 0.336 e. The summed E-state index contributed by atoms with van der Waals surface area (Å²) in [6.45, 7) is 10.6. The molecule has 1 heterocycles. The van der Waals surface area contributed by atoms with Crippen molar-refractivity contribution < 1.29 is 33.7 Å². The van der Waals surface area contributed by atoms with E-state index in [0.29, 0.717) is 36.8 Å². The average molecular weight is 447 g/mol. The fourth-order valence-electron chi connectivity index (χ4n) is 5.39. The van der Waals surface area contributed by atoms with Gasteiger partial charge in [0.15, 0.2) is 0 Å². The van der Waals surface area contributed by atoms with Crippen LogP contribution < -0.4 is 0 Å². The lowest BCUT2D eigenvalue weighted by atomic mass is 9.59. The minimum atomic E-state index is -1.80. The normalized spacial score (nSPS) is 36.7. The first-order chi connectivity index (χ1) is 14.9. The highest BCUT2D eigenvalue weighted by Crippen LogP contribution is 2.53. The molecule has 0 saturated carbocycles. The van der Waals surface area contributed by atoms with Gasteiger partial charge in [-0.3, -0.25) is 9.59 Å². The van der Waals surface area contributed by atoms with Gasteiger partial charge < -0.3 is 19.3 Å². The minimum absolute atomic E-state index is 0.242. The van der Waals surface area contributed by atoms with E-state index in [9.17, 15) is 19.5 Å². The Kier molecular flexibility index (Phi) is 6.70. The van der Waals surface area contributed by atoms with Gasteiger partial charge in [0.2, 0.25) is 0 Å². The van der Waals surface area contributed by atoms with Crippen molar-refractivity contribution in [3.05, 3.63) is 34.4 Å². The third kappa shape index (κ3) is 4.27. The van der Waals surface area contributed by atoms with Crippen LogP contribution in [0.1, 0.15) is 73.6 Å². The lowest BCUT2D eigenvalue weighted by Gasteiger charge is -2.50. The Hall–Kier alpha value is -2.41. The summed E-state index contributed by atoms with van der Waals surface area (Å²) >= 11 is 0. The van der Waals surface area contributed by atoms with E-state index in [4.69, 9.17) is 14.2 Å². The van der Waals surface area contributed by atoms with E-state index >= 15 is 0 Å². The molecule has 1 N–H and O–H groups in total. The van der Waals surface area contributed by atoms with E-state index in [1.54, 1.807) is 19.9 Å². The first-order valence-electron chi connectivity index (χ1n) is 11.3. The Morgan fingerprint density at radius 2 is 1.91 bits per heavy atom.